The molecule has 1 aromatic rings. The third-order valence-corrected chi connectivity index (χ3v) is 5.33. The summed E-state index contributed by atoms with van der Waals surface area (Å²) in [5.41, 5.74) is 7.32. The van der Waals surface area contributed by atoms with Gasteiger partial charge < -0.3 is 10.6 Å². The van der Waals surface area contributed by atoms with Crippen LogP contribution < -0.4 is 16.0 Å². The fourth-order valence-electron chi connectivity index (χ4n) is 3.90. The molecule has 3 heterocycles. The molecule has 4 rings (SSSR count). The Hall–Kier alpha value is -2.16. The van der Waals surface area contributed by atoms with Crippen LogP contribution in [0.15, 0.2) is 18.2 Å². The number of halogens is 2. The van der Waals surface area contributed by atoms with Gasteiger partial charge in [-0.1, -0.05) is 6.07 Å². The number of carbonyl (C=O) groups excluding carboxylic acids is 4. The Balaban J connectivity index is 0.00000140. The third-order valence-electron chi connectivity index (χ3n) is 5.33. The molecule has 8 nitrogen and oxygen atoms in total. The first-order valence-corrected chi connectivity index (χ1v) is 8.82. The first-order valence-electron chi connectivity index (χ1n) is 8.82. The van der Waals surface area contributed by atoms with Gasteiger partial charge in [0.15, 0.2) is 0 Å². The lowest BCUT2D eigenvalue weighted by Crippen LogP contribution is -2.54. The molecule has 28 heavy (non-hydrogen) atoms. The van der Waals surface area contributed by atoms with Crippen LogP contribution in [-0.4, -0.2) is 53.7 Å². The zero-order valence-electron chi connectivity index (χ0n) is 15.1. The molecule has 0 spiro atoms. The number of hydrogen-bond acceptors (Lipinski definition) is 6. The van der Waals surface area contributed by atoms with Crippen LogP contribution in [0.1, 0.15) is 46.4 Å². The fourth-order valence-corrected chi connectivity index (χ4v) is 3.90. The quantitative estimate of drug-likeness (QED) is 0.675. The standard InChI is InChI=1S/C18H20N4O4.2ClH/c19-10-6-8-21(9-7-10)12-3-1-2-11-15(12)18(26)22(17(11)25)13-4-5-14(23)20-16(13)24;;/h1-3,10,13H,4-9,19H2,(H,20,23,24);2*1H. The number of rotatable bonds is 2. The van der Waals surface area contributed by atoms with Crippen molar-refractivity contribution in [2.75, 3.05) is 18.0 Å². The second-order valence-electron chi connectivity index (χ2n) is 6.97. The van der Waals surface area contributed by atoms with Crippen molar-refractivity contribution in [3.05, 3.63) is 29.3 Å². The lowest BCUT2D eigenvalue weighted by Gasteiger charge is -2.33. The number of carbonyl (C=O) groups is 4. The highest BCUT2D eigenvalue weighted by Gasteiger charge is 2.46. The van der Waals surface area contributed by atoms with Gasteiger partial charge in [0.25, 0.3) is 11.8 Å². The molecule has 3 aliphatic heterocycles. The van der Waals surface area contributed by atoms with Crippen molar-refractivity contribution in [2.24, 2.45) is 5.73 Å². The van der Waals surface area contributed by atoms with Crippen LogP contribution in [0.4, 0.5) is 5.69 Å². The van der Waals surface area contributed by atoms with Crippen LogP contribution in [0.5, 0.6) is 0 Å². The smallest absolute Gasteiger partial charge is 0.264 e. The van der Waals surface area contributed by atoms with E-state index in [-0.39, 0.29) is 49.6 Å². The molecule has 10 heteroatoms. The van der Waals surface area contributed by atoms with Crippen molar-refractivity contribution in [3.8, 4) is 0 Å². The van der Waals surface area contributed by atoms with Gasteiger partial charge in [0.05, 0.1) is 16.8 Å². The minimum Gasteiger partial charge on any atom is -0.371 e. The predicted molar refractivity (Wildman–Crippen MR) is 107 cm³/mol. The van der Waals surface area contributed by atoms with E-state index in [0.717, 1.165) is 30.8 Å². The van der Waals surface area contributed by atoms with Crippen molar-refractivity contribution in [1.29, 1.82) is 0 Å². The van der Waals surface area contributed by atoms with Crippen LogP contribution in [0.3, 0.4) is 0 Å². The molecular weight excluding hydrogens is 407 g/mol. The minimum atomic E-state index is -0.942. The average Bonchev–Trinajstić information content (AvgIpc) is 2.87. The summed E-state index contributed by atoms with van der Waals surface area (Å²) >= 11 is 0. The Morgan fingerprint density at radius 1 is 0.964 bits per heavy atom. The molecule has 0 radical (unpaired) electrons. The second-order valence-corrected chi connectivity index (χ2v) is 6.97. The van der Waals surface area contributed by atoms with Gasteiger partial charge in [-0.05, 0) is 31.4 Å². The molecule has 4 amide bonds. The lowest BCUT2D eigenvalue weighted by atomic mass is 10.0. The highest BCUT2D eigenvalue weighted by molar-refractivity contribution is 6.25. The van der Waals surface area contributed by atoms with E-state index in [2.05, 4.69) is 10.2 Å². The van der Waals surface area contributed by atoms with E-state index in [0.29, 0.717) is 16.8 Å². The maximum Gasteiger partial charge on any atom is 0.264 e. The number of imide groups is 2. The van der Waals surface area contributed by atoms with Crippen LogP contribution in [0, 0.1) is 0 Å². The van der Waals surface area contributed by atoms with Crippen LogP contribution in [0.2, 0.25) is 0 Å². The fraction of sp³-hybridized carbons (Fsp3) is 0.444. The Kier molecular flexibility index (Phi) is 6.69. The van der Waals surface area contributed by atoms with Crippen LogP contribution in [0.25, 0.3) is 0 Å². The van der Waals surface area contributed by atoms with Gasteiger partial charge in [-0.2, -0.15) is 0 Å². The van der Waals surface area contributed by atoms with E-state index < -0.39 is 23.8 Å². The zero-order valence-corrected chi connectivity index (χ0v) is 16.7. The molecule has 2 fully saturated rings. The summed E-state index contributed by atoms with van der Waals surface area (Å²) in [6.45, 7) is 1.44. The third kappa shape index (κ3) is 3.59. The number of nitrogens with two attached hydrogens (primary N) is 1. The number of hydrogen-bond donors (Lipinski definition) is 2. The van der Waals surface area contributed by atoms with Gasteiger partial charge in [0, 0.05) is 25.6 Å². The molecular formula is C18H22Cl2N4O4. The zero-order chi connectivity index (χ0) is 18.4. The number of nitrogens with zero attached hydrogens (tertiary/aromatic N) is 2. The van der Waals surface area contributed by atoms with Gasteiger partial charge >= 0.3 is 0 Å². The molecule has 0 aromatic heterocycles. The van der Waals surface area contributed by atoms with Crippen molar-refractivity contribution >= 4 is 54.1 Å². The Labute approximate surface area is 174 Å². The van der Waals surface area contributed by atoms with Gasteiger partial charge in [-0.3, -0.25) is 29.4 Å². The number of piperidine rings is 2. The van der Waals surface area contributed by atoms with Gasteiger partial charge in [0.1, 0.15) is 6.04 Å². The normalized spacial score (nSPS) is 22.4. The maximum absolute atomic E-state index is 13.1. The minimum absolute atomic E-state index is 0. The molecule has 1 unspecified atom stereocenters. The van der Waals surface area contributed by atoms with Crippen LogP contribution >= 0.6 is 24.8 Å². The highest BCUT2D eigenvalue weighted by Crippen LogP contribution is 2.35. The average molecular weight is 429 g/mol. The Morgan fingerprint density at radius 3 is 2.29 bits per heavy atom. The van der Waals surface area contributed by atoms with Crippen molar-refractivity contribution in [2.45, 2.75) is 37.8 Å². The summed E-state index contributed by atoms with van der Waals surface area (Å²) in [6, 6.07) is 4.40. The lowest BCUT2D eigenvalue weighted by molar-refractivity contribution is -0.136. The Morgan fingerprint density at radius 2 is 1.64 bits per heavy atom. The summed E-state index contributed by atoms with van der Waals surface area (Å²) in [6.07, 6.45) is 1.91. The predicted octanol–water partition coefficient (Wildman–Crippen LogP) is 0.859. The van der Waals surface area contributed by atoms with E-state index in [1.54, 1.807) is 12.1 Å². The molecule has 3 N–H and O–H groups in total. The molecule has 3 aliphatic rings. The molecule has 152 valence electrons. The summed E-state index contributed by atoms with van der Waals surface area (Å²) in [7, 11) is 0. The van der Waals surface area contributed by atoms with Crippen LogP contribution in [-0.2, 0) is 9.59 Å². The summed E-state index contributed by atoms with van der Waals surface area (Å²) in [5, 5.41) is 2.21. The molecule has 0 bridgehead atoms. The van der Waals surface area contributed by atoms with Crippen molar-refractivity contribution in [1.82, 2.24) is 10.2 Å². The van der Waals surface area contributed by atoms with E-state index in [4.69, 9.17) is 5.73 Å². The monoisotopic (exact) mass is 428 g/mol. The van der Waals surface area contributed by atoms with E-state index in [1.165, 1.54) is 0 Å². The summed E-state index contributed by atoms with van der Waals surface area (Å²) < 4.78 is 0. The topological polar surface area (TPSA) is 113 Å². The molecule has 0 saturated carbocycles. The largest absolute Gasteiger partial charge is 0.371 e. The summed E-state index contributed by atoms with van der Waals surface area (Å²) in [4.78, 5) is 52.5. The number of anilines is 1. The van der Waals surface area contributed by atoms with Gasteiger partial charge in [0.2, 0.25) is 11.8 Å². The van der Waals surface area contributed by atoms with E-state index >= 15 is 0 Å². The first-order chi connectivity index (χ1) is 12.5. The second kappa shape index (κ2) is 8.46. The number of fused-ring (bicyclic) bond motifs is 1. The van der Waals surface area contributed by atoms with Crippen molar-refractivity contribution < 1.29 is 19.2 Å². The number of nitrogens with one attached hydrogen (secondary N) is 1. The maximum atomic E-state index is 13.1. The number of amides is 4. The number of benzene rings is 1. The molecule has 0 aliphatic carbocycles. The highest BCUT2D eigenvalue weighted by atomic mass is 35.5. The summed E-state index contributed by atoms with van der Waals surface area (Å²) in [5.74, 6) is -1.92. The van der Waals surface area contributed by atoms with Gasteiger partial charge in [-0.15, -0.1) is 24.8 Å². The van der Waals surface area contributed by atoms with Gasteiger partial charge in [-0.25, -0.2) is 0 Å². The SMILES string of the molecule is Cl.Cl.NC1CCN(c2cccc3c2C(=O)N(C2CCC(=O)NC2=O)C3=O)CC1. The Bertz CT molecular complexity index is 824. The van der Waals surface area contributed by atoms with Crippen molar-refractivity contribution in [3.63, 3.8) is 0 Å². The molecule has 1 atom stereocenters. The first kappa shape index (κ1) is 22.1. The molecule has 1 aromatic carbocycles. The molecule has 2 saturated heterocycles. The van der Waals surface area contributed by atoms with E-state index in [9.17, 15) is 19.2 Å². The van der Waals surface area contributed by atoms with E-state index in [1.807, 2.05) is 6.07 Å².